The minimum absolute atomic E-state index is 0.0315. The van der Waals surface area contributed by atoms with Crippen LogP contribution in [0.4, 0.5) is 5.69 Å². The van der Waals surface area contributed by atoms with Crippen LogP contribution in [0.3, 0.4) is 0 Å². The van der Waals surface area contributed by atoms with E-state index in [1.807, 2.05) is 13.0 Å². The lowest BCUT2D eigenvalue weighted by Crippen LogP contribution is -2.28. The fourth-order valence-corrected chi connectivity index (χ4v) is 3.08. The SMILES string of the molecule is Cc1noc(C2CC2)c1NC(=O)C1CC(=O)N(Cc2ccco2)C1. The number of amides is 2. The van der Waals surface area contributed by atoms with E-state index in [4.69, 9.17) is 8.94 Å². The third kappa shape index (κ3) is 2.81. The summed E-state index contributed by atoms with van der Waals surface area (Å²) >= 11 is 0. The number of carbonyl (C=O) groups excluding carboxylic acids is 2. The number of nitrogens with zero attached hydrogens (tertiary/aromatic N) is 2. The summed E-state index contributed by atoms with van der Waals surface area (Å²) in [4.78, 5) is 26.4. The monoisotopic (exact) mass is 329 g/mol. The third-order valence-corrected chi connectivity index (χ3v) is 4.60. The molecule has 24 heavy (non-hydrogen) atoms. The van der Waals surface area contributed by atoms with Crippen molar-refractivity contribution in [1.82, 2.24) is 10.1 Å². The van der Waals surface area contributed by atoms with Gasteiger partial charge in [0.25, 0.3) is 0 Å². The van der Waals surface area contributed by atoms with Crippen LogP contribution in [0, 0.1) is 12.8 Å². The van der Waals surface area contributed by atoms with Crippen LogP contribution in [0.5, 0.6) is 0 Å². The Kier molecular flexibility index (Phi) is 3.63. The van der Waals surface area contributed by atoms with E-state index in [9.17, 15) is 9.59 Å². The molecule has 126 valence electrons. The molecule has 1 atom stereocenters. The average molecular weight is 329 g/mol. The molecular formula is C17H19N3O4. The van der Waals surface area contributed by atoms with Gasteiger partial charge in [-0.25, -0.2) is 0 Å². The van der Waals surface area contributed by atoms with Crippen molar-refractivity contribution >= 4 is 17.5 Å². The molecule has 2 aliphatic rings. The first-order valence-corrected chi connectivity index (χ1v) is 8.19. The Morgan fingerprint density at radius 3 is 3.00 bits per heavy atom. The predicted octanol–water partition coefficient (Wildman–Crippen LogP) is 2.44. The van der Waals surface area contributed by atoms with Crippen LogP contribution in [-0.4, -0.2) is 28.4 Å². The highest BCUT2D eigenvalue weighted by molar-refractivity contribution is 5.97. The normalized spacial score (nSPS) is 20.6. The van der Waals surface area contributed by atoms with Gasteiger partial charge in [0.15, 0.2) is 5.76 Å². The topological polar surface area (TPSA) is 88.6 Å². The third-order valence-electron chi connectivity index (χ3n) is 4.60. The molecule has 1 unspecified atom stereocenters. The highest BCUT2D eigenvalue weighted by atomic mass is 16.5. The number of likely N-dealkylation sites (tertiary alicyclic amines) is 1. The van der Waals surface area contributed by atoms with Gasteiger partial charge in [-0.15, -0.1) is 0 Å². The minimum Gasteiger partial charge on any atom is -0.467 e. The maximum absolute atomic E-state index is 12.6. The molecule has 0 spiro atoms. The number of aromatic nitrogens is 1. The molecule has 7 heteroatoms. The number of anilines is 1. The number of rotatable bonds is 5. The zero-order valence-electron chi connectivity index (χ0n) is 13.4. The van der Waals surface area contributed by atoms with E-state index < -0.39 is 0 Å². The molecule has 2 amide bonds. The Morgan fingerprint density at radius 1 is 1.46 bits per heavy atom. The second kappa shape index (κ2) is 5.81. The molecule has 2 aromatic heterocycles. The van der Waals surface area contributed by atoms with E-state index in [0.29, 0.717) is 30.4 Å². The summed E-state index contributed by atoms with van der Waals surface area (Å²) in [6, 6.07) is 3.61. The first kappa shape index (κ1) is 15.0. The molecule has 1 N–H and O–H groups in total. The van der Waals surface area contributed by atoms with Crippen LogP contribution in [0.2, 0.25) is 0 Å². The molecule has 7 nitrogen and oxygen atoms in total. The highest BCUT2D eigenvalue weighted by Gasteiger charge is 2.37. The molecule has 2 fully saturated rings. The van der Waals surface area contributed by atoms with Crippen molar-refractivity contribution in [2.75, 3.05) is 11.9 Å². The number of hydrogen-bond acceptors (Lipinski definition) is 5. The van der Waals surface area contributed by atoms with E-state index in [1.165, 1.54) is 0 Å². The van der Waals surface area contributed by atoms with E-state index in [2.05, 4.69) is 10.5 Å². The molecule has 4 rings (SSSR count). The fraction of sp³-hybridized carbons (Fsp3) is 0.471. The average Bonchev–Trinajstić information content (AvgIpc) is 2.97. The zero-order valence-corrected chi connectivity index (χ0v) is 13.4. The molecule has 1 aliphatic carbocycles. The largest absolute Gasteiger partial charge is 0.467 e. The number of carbonyl (C=O) groups is 2. The van der Waals surface area contributed by atoms with E-state index >= 15 is 0 Å². The van der Waals surface area contributed by atoms with Gasteiger partial charge in [-0.1, -0.05) is 5.16 Å². The number of aryl methyl sites for hydroxylation is 1. The first-order valence-electron chi connectivity index (χ1n) is 8.19. The van der Waals surface area contributed by atoms with Gasteiger partial charge in [-0.3, -0.25) is 9.59 Å². The maximum atomic E-state index is 12.6. The van der Waals surface area contributed by atoms with Gasteiger partial charge >= 0.3 is 0 Å². The summed E-state index contributed by atoms with van der Waals surface area (Å²) in [6.45, 7) is 2.61. The van der Waals surface area contributed by atoms with Crippen molar-refractivity contribution in [2.45, 2.75) is 38.6 Å². The maximum Gasteiger partial charge on any atom is 0.229 e. The van der Waals surface area contributed by atoms with E-state index in [0.717, 1.165) is 24.4 Å². The van der Waals surface area contributed by atoms with Crippen LogP contribution in [-0.2, 0) is 16.1 Å². The summed E-state index contributed by atoms with van der Waals surface area (Å²) in [6.07, 6.45) is 3.93. The molecule has 1 saturated carbocycles. The van der Waals surface area contributed by atoms with Crippen molar-refractivity contribution in [3.8, 4) is 0 Å². The molecule has 2 aromatic rings. The van der Waals surface area contributed by atoms with Gasteiger partial charge in [0.2, 0.25) is 11.8 Å². The van der Waals surface area contributed by atoms with Gasteiger partial charge in [0.05, 0.1) is 18.7 Å². The van der Waals surface area contributed by atoms with Crippen LogP contribution in [0.15, 0.2) is 27.3 Å². The highest BCUT2D eigenvalue weighted by Crippen LogP contribution is 2.44. The van der Waals surface area contributed by atoms with Crippen molar-refractivity contribution < 1.29 is 18.5 Å². The Labute approximate surface area is 139 Å². The molecular weight excluding hydrogens is 310 g/mol. The van der Waals surface area contributed by atoms with Gasteiger partial charge in [-0.05, 0) is 31.9 Å². The lowest BCUT2D eigenvalue weighted by Gasteiger charge is -2.15. The summed E-state index contributed by atoms with van der Waals surface area (Å²) in [5.41, 5.74) is 1.36. The second-order valence-corrected chi connectivity index (χ2v) is 6.53. The lowest BCUT2D eigenvalue weighted by molar-refractivity contribution is -0.128. The van der Waals surface area contributed by atoms with Gasteiger partial charge in [0.1, 0.15) is 17.1 Å². The summed E-state index contributed by atoms with van der Waals surface area (Å²) in [5.74, 6) is 1.29. The van der Waals surface area contributed by atoms with Crippen LogP contribution in [0.1, 0.15) is 42.4 Å². The minimum atomic E-state index is -0.367. The Morgan fingerprint density at radius 2 is 2.29 bits per heavy atom. The van der Waals surface area contributed by atoms with E-state index in [1.54, 1.807) is 17.2 Å². The standard InChI is InChI=1S/C17H19N3O4/c1-10-15(16(24-19-10)11-4-5-11)18-17(22)12-7-14(21)20(8-12)9-13-3-2-6-23-13/h2-3,6,11-12H,4-5,7-9H2,1H3,(H,18,22). The first-order chi connectivity index (χ1) is 11.6. The zero-order chi connectivity index (χ0) is 16.7. The van der Waals surface area contributed by atoms with Crippen LogP contribution < -0.4 is 5.32 Å². The predicted molar refractivity (Wildman–Crippen MR) is 84.1 cm³/mol. The van der Waals surface area contributed by atoms with Gasteiger partial charge in [0, 0.05) is 18.9 Å². The molecule has 3 heterocycles. The Balaban J connectivity index is 1.42. The van der Waals surface area contributed by atoms with Crippen molar-refractivity contribution in [2.24, 2.45) is 5.92 Å². The Bertz CT molecular complexity index is 761. The second-order valence-electron chi connectivity index (χ2n) is 6.53. The van der Waals surface area contributed by atoms with Crippen molar-refractivity contribution in [3.63, 3.8) is 0 Å². The van der Waals surface area contributed by atoms with Crippen LogP contribution in [0.25, 0.3) is 0 Å². The number of furan rings is 1. The van der Waals surface area contributed by atoms with Gasteiger partial charge in [-0.2, -0.15) is 0 Å². The number of nitrogens with one attached hydrogen (secondary N) is 1. The fourth-order valence-electron chi connectivity index (χ4n) is 3.08. The molecule has 0 bridgehead atoms. The van der Waals surface area contributed by atoms with Crippen LogP contribution >= 0.6 is 0 Å². The van der Waals surface area contributed by atoms with Gasteiger partial charge < -0.3 is 19.2 Å². The lowest BCUT2D eigenvalue weighted by atomic mass is 10.1. The smallest absolute Gasteiger partial charge is 0.229 e. The molecule has 1 saturated heterocycles. The number of hydrogen-bond donors (Lipinski definition) is 1. The Hall–Kier alpha value is -2.57. The summed E-state index contributed by atoms with van der Waals surface area (Å²) in [7, 11) is 0. The molecule has 1 aliphatic heterocycles. The van der Waals surface area contributed by atoms with Crippen molar-refractivity contribution in [3.05, 3.63) is 35.6 Å². The van der Waals surface area contributed by atoms with E-state index in [-0.39, 0.29) is 24.2 Å². The molecule has 0 aromatic carbocycles. The van der Waals surface area contributed by atoms with Crippen molar-refractivity contribution in [1.29, 1.82) is 0 Å². The molecule has 0 radical (unpaired) electrons. The summed E-state index contributed by atoms with van der Waals surface area (Å²) in [5, 5.41) is 6.88. The summed E-state index contributed by atoms with van der Waals surface area (Å²) < 4.78 is 10.6. The quantitative estimate of drug-likeness (QED) is 0.910.